The van der Waals surface area contributed by atoms with Crippen LogP contribution in [0.5, 0.6) is 5.75 Å². The van der Waals surface area contributed by atoms with Crippen molar-refractivity contribution in [2.24, 2.45) is 0 Å². The Morgan fingerprint density at radius 3 is 2.94 bits per heavy atom. The molecule has 1 atom stereocenters. The summed E-state index contributed by atoms with van der Waals surface area (Å²) < 4.78 is 0. The predicted octanol–water partition coefficient (Wildman–Crippen LogP) is 1.73. The largest absolute Gasteiger partial charge is 0.507 e. The number of phenols is 1. The topological polar surface area (TPSA) is 73.1 Å². The molecule has 1 aromatic rings. The zero-order chi connectivity index (χ0) is 12.1. The van der Waals surface area contributed by atoms with Crippen LogP contribution in [0, 0.1) is 18.3 Å². The normalized spacial score (nSPS) is 11.6. The highest BCUT2D eigenvalue weighted by molar-refractivity contribution is 5.97. The average molecular weight is 218 g/mol. The first-order valence-electron chi connectivity index (χ1n) is 5.02. The summed E-state index contributed by atoms with van der Waals surface area (Å²) in [7, 11) is 0. The number of nitriles is 1. The third kappa shape index (κ3) is 2.74. The number of hydrogen-bond acceptors (Lipinski definition) is 3. The van der Waals surface area contributed by atoms with Gasteiger partial charge in [-0.3, -0.25) is 4.79 Å². The maximum Gasteiger partial charge on any atom is 0.255 e. The summed E-state index contributed by atoms with van der Waals surface area (Å²) in [6.07, 6.45) is 0.248. The van der Waals surface area contributed by atoms with E-state index in [1.165, 1.54) is 0 Å². The maximum atomic E-state index is 11.7. The SMILES string of the molecule is Cc1cccc(C(=O)NC(C)CC#N)c1O. The fraction of sp³-hybridized carbons (Fsp3) is 0.333. The van der Waals surface area contributed by atoms with Crippen molar-refractivity contribution in [3.05, 3.63) is 29.3 Å². The van der Waals surface area contributed by atoms with Gasteiger partial charge in [0.15, 0.2) is 0 Å². The summed E-state index contributed by atoms with van der Waals surface area (Å²) in [6, 6.07) is 6.74. The second kappa shape index (κ2) is 5.17. The van der Waals surface area contributed by atoms with Gasteiger partial charge in [0.1, 0.15) is 5.75 Å². The Balaban J connectivity index is 2.82. The Kier molecular flexibility index (Phi) is 3.90. The van der Waals surface area contributed by atoms with Crippen molar-refractivity contribution in [1.82, 2.24) is 5.32 Å². The number of nitrogens with zero attached hydrogens (tertiary/aromatic N) is 1. The standard InChI is InChI=1S/C12H14N2O2/c1-8-4-3-5-10(11(8)15)12(16)14-9(2)6-7-13/h3-5,9,15H,6H2,1-2H3,(H,14,16). The number of aromatic hydroxyl groups is 1. The number of para-hydroxylation sites is 1. The fourth-order valence-electron chi connectivity index (χ4n) is 1.33. The molecule has 16 heavy (non-hydrogen) atoms. The summed E-state index contributed by atoms with van der Waals surface area (Å²) in [5, 5.41) is 20.8. The monoisotopic (exact) mass is 218 g/mol. The van der Waals surface area contributed by atoms with Crippen molar-refractivity contribution in [3.8, 4) is 11.8 Å². The van der Waals surface area contributed by atoms with Gasteiger partial charge in [-0.25, -0.2) is 0 Å². The summed E-state index contributed by atoms with van der Waals surface area (Å²) in [5.41, 5.74) is 0.894. The highest BCUT2D eigenvalue weighted by Crippen LogP contribution is 2.21. The van der Waals surface area contributed by atoms with Crippen molar-refractivity contribution < 1.29 is 9.90 Å². The van der Waals surface area contributed by atoms with Crippen LogP contribution in [-0.4, -0.2) is 17.1 Å². The molecule has 0 saturated carbocycles. The number of aryl methyl sites for hydroxylation is 1. The highest BCUT2D eigenvalue weighted by Gasteiger charge is 2.14. The van der Waals surface area contributed by atoms with Crippen LogP contribution in [0.15, 0.2) is 18.2 Å². The molecule has 0 saturated heterocycles. The van der Waals surface area contributed by atoms with Gasteiger partial charge in [-0.1, -0.05) is 12.1 Å². The molecule has 1 unspecified atom stereocenters. The molecule has 0 radical (unpaired) electrons. The summed E-state index contributed by atoms with van der Waals surface area (Å²) >= 11 is 0. The van der Waals surface area contributed by atoms with E-state index in [-0.39, 0.29) is 29.7 Å². The molecule has 0 aromatic heterocycles. The molecule has 0 spiro atoms. The number of amides is 1. The van der Waals surface area contributed by atoms with Crippen molar-refractivity contribution in [3.63, 3.8) is 0 Å². The van der Waals surface area contributed by atoms with Crippen LogP contribution < -0.4 is 5.32 Å². The number of hydrogen-bond donors (Lipinski definition) is 2. The number of nitrogens with one attached hydrogen (secondary N) is 1. The lowest BCUT2D eigenvalue weighted by Crippen LogP contribution is -2.32. The third-order valence-electron chi connectivity index (χ3n) is 2.26. The maximum absolute atomic E-state index is 11.7. The average Bonchev–Trinajstić information content (AvgIpc) is 2.22. The molecule has 1 amide bonds. The van der Waals surface area contributed by atoms with E-state index >= 15 is 0 Å². The molecule has 0 aliphatic rings. The molecular weight excluding hydrogens is 204 g/mol. The van der Waals surface area contributed by atoms with Crippen molar-refractivity contribution in [2.45, 2.75) is 26.3 Å². The molecule has 0 bridgehead atoms. The number of benzene rings is 1. The summed E-state index contributed by atoms with van der Waals surface area (Å²) in [5.74, 6) is -0.367. The van der Waals surface area contributed by atoms with Gasteiger partial charge in [0, 0.05) is 6.04 Å². The zero-order valence-corrected chi connectivity index (χ0v) is 9.32. The molecule has 0 aliphatic heterocycles. The Labute approximate surface area is 94.5 Å². The molecule has 84 valence electrons. The second-order valence-electron chi connectivity index (χ2n) is 3.71. The lowest BCUT2D eigenvalue weighted by atomic mass is 10.1. The van der Waals surface area contributed by atoms with Crippen LogP contribution in [0.25, 0.3) is 0 Å². The van der Waals surface area contributed by atoms with Crippen LogP contribution in [0.3, 0.4) is 0 Å². The van der Waals surface area contributed by atoms with Gasteiger partial charge in [-0.15, -0.1) is 0 Å². The molecule has 2 N–H and O–H groups in total. The Morgan fingerprint density at radius 2 is 2.31 bits per heavy atom. The minimum absolute atomic E-state index is 0.0100. The zero-order valence-electron chi connectivity index (χ0n) is 9.32. The number of rotatable bonds is 3. The Bertz CT molecular complexity index is 435. The van der Waals surface area contributed by atoms with Gasteiger partial charge in [0.05, 0.1) is 18.1 Å². The third-order valence-corrected chi connectivity index (χ3v) is 2.26. The van der Waals surface area contributed by atoms with E-state index in [0.717, 1.165) is 0 Å². The molecule has 0 aliphatic carbocycles. The van der Waals surface area contributed by atoms with Crippen LogP contribution >= 0.6 is 0 Å². The minimum Gasteiger partial charge on any atom is -0.507 e. The van der Waals surface area contributed by atoms with Gasteiger partial charge in [0.2, 0.25) is 0 Å². The Hall–Kier alpha value is -2.02. The van der Waals surface area contributed by atoms with Gasteiger partial charge < -0.3 is 10.4 Å². The molecule has 4 nitrogen and oxygen atoms in total. The van der Waals surface area contributed by atoms with Gasteiger partial charge in [-0.05, 0) is 25.5 Å². The molecular formula is C12H14N2O2. The fourth-order valence-corrected chi connectivity index (χ4v) is 1.33. The van der Waals surface area contributed by atoms with Crippen molar-refractivity contribution in [2.75, 3.05) is 0 Å². The van der Waals surface area contributed by atoms with Crippen LogP contribution in [0.4, 0.5) is 0 Å². The van der Waals surface area contributed by atoms with E-state index in [2.05, 4.69) is 5.32 Å². The molecule has 1 rings (SSSR count). The highest BCUT2D eigenvalue weighted by atomic mass is 16.3. The lowest BCUT2D eigenvalue weighted by molar-refractivity contribution is 0.0938. The summed E-state index contributed by atoms with van der Waals surface area (Å²) in [6.45, 7) is 3.47. The van der Waals surface area contributed by atoms with Crippen LogP contribution in [0.1, 0.15) is 29.3 Å². The number of carbonyl (C=O) groups excluding carboxylic acids is 1. The molecule has 4 heteroatoms. The first kappa shape index (κ1) is 12.1. The van der Waals surface area contributed by atoms with Crippen molar-refractivity contribution >= 4 is 5.91 Å². The van der Waals surface area contributed by atoms with E-state index in [1.54, 1.807) is 32.0 Å². The van der Waals surface area contributed by atoms with E-state index in [9.17, 15) is 9.90 Å². The van der Waals surface area contributed by atoms with E-state index in [4.69, 9.17) is 5.26 Å². The Morgan fingerprint density at radius 1 is 1.62 bits per heavy atom. The van der Waals surface area contributed by atoms with Gasteiger partial charge >= 0.3 is 0 Å². The second-order valence-corrected chi connectivity index (χ2v) is 3.71. The first-order valence-corrected chi connectivity index (χ1v) is 5.02. The van der Waals surface area contributed by atoms with Crippen LogP contribution in [0.2, 0.25) is 0 Å². The molecule has 0 heterocycles. The van der Waals surface area contributed by atoms with Crippen LogP contribution in [-0.2, 0) is 0 Å². The minimum atomic E-state index is -0.357. The molecule has 1 aromatic carbocycles. The van der Waals surface area contributed by atoms with Gasteiger partial charge in [0.25, 0.3) is 5.91 Å². The van der Waals surface area contributed by atoms with Crippen molar-refractivity contribution in [1.29, 1.82) is 5.26 Å². The predicted molar refractivity (Wildman–Crippen MR) is 60.0 cm³/mol. The lowest BCUT2D eigenvalue weighted by Gasteiger charge is -2.11. The first-order chi connectivity index (χ1) is 7.56. The smallest absolute Gasteiger partial charge is 0.255 e. The number of carbonyl (C=O) groups is 1. The quantitative estimate of drug-likeness (QED) is 0.811. The van der Waals surface area contributed by atoms with Gasteiger partial charge in [-0.2, -0.15) is 5.26 Å². The number of phenolic OH excluding ortho intramolecular Hbond substituents is 1. The van der Waals surface area contributed by atoms with E-state index < -0.39 is 0 Å². The molecule has 0 fully saturated rings. The summed E-state index contributed by atoms with van der Waals surface area (Å²) in [4.78, 5) is 11.7. The van der Waals surface area contributed by atoms with E-state index in [0.29, 0.717) is 5.56 Å². The van der Waals surface area contributed by atoms with E-state index in [1.807, 2.05) is 6.07 Å².